The van der Waals surface area contributed by atoms with E-state index in [1.54, 1.807) is 0 Å². The standard InChI is InChI=1S/C33H28N2O4/c36-28-17-23(22-14-15-30-31(18-22)39-20-38-30)16-27-32(28)33(35-26-12-6-5-11-25(26)34-27)24-10-4-7-13-29(24)37-19-21-8-2-1-3-9-21/h1-15,18,23,33-35H,16-17,19-20H2/t23-,33+/m0/s1. The predicted molar refractivity (Wildman–Crippen MR) is 150 cm³/mol. The third kappa shape index (κ3) is 4.48. The molecule has 3 aliphatic rings. The summed E-state index contributed by atoms with van der Waals surface area (Å²) in [6.07, 6.45) is 1.13. The Hall–Kier alpha value is -4.71. The number of carbonyl (C=O) groups excluding carboxylic acids is 1. The highest BCUT2D eigenvalue weighted by molar-refractivity contribution is 6.01. The Morgan fingerprint density at radius 1 is 0.795 bits per heavy atom. The number of hydrogen-bond donors (Lipinski definition) is 2. The van der Waals surface area contributed by atoms with Gasteiger partial charge in [0.2, 0.25) is 6.79 Å². The first-order valence-corrected chi connectivity index (χ1v) is 13.3. The Morgan fingerprint density at radius 2 is 1.56 bits per heavy atom. The van der Waals surface area contributed by atoms with Gasteiger partial charge in [-0.2, -0.15) is 0 Å². The third-order valence-electron chi connectivity index (χ3n) is 7.64. The van der Waals surface area contributed by atoms with E-state index in [9.17, 15) is 4.79 Å². The van der Waals surface area contributed by atoms with Gasteiger partial charge in [0.15, 0.2) is 17.3 Å². The van der Waals surface area contributed by atoms with Crippen LogP contribution in [0.15, 0.2) is 108 Å². The number of anilines is 2. The zero-order chi connectivity index (χ0) is 26.2. The van der Waals surface area contributed by atoms with Crippen LogP contribution in [0.3, 0.4) is 0 Å². The molecule has 1 aliphatic carbocycles. The minimum atomic E-state index is -0.353. The Kier molecular flexibility index (Phi) is 5.93. The molecular weight excluding hydrogens is 488 g/mol. The highest BCUT2D eigenvalue weighted by Crippen LogP contribution is 2.47. The van der Waals surface area contributed by atoms with Gasteiger partial charge in [0.05, 0.1) is 17.4 Å². The number of hydrogen-bond acceptors (Lipinski definition) is 6. The number of ether oxygens (including phenoxy) is 3. The molecule has 0 spiro atoms. The van der Waals surface area contributed by atoms with E-state index >= 15 is 0 Å². The topological polar surface area (TPSA) is 68.8 Å². The van der Waals surface area contributed by atoms with Crippen molar-refractivity contribution in [3.63, 3.8) is 0 Å². The van der Waals surface area contributed by atoms with E-state index in [0.29, 0.717) is 19.4 Å². The summed E-state index contributed by atoms with van der Waals surface area (Å²) in [6, 6.07) is 31.9. The molecule has 0 fully saturated rings. The van der Waals surface area contributed by atoms with Gasteiger partial charge in [0.25, 0.3) is 0 Å². The average Bonchev–Trinajstić information content (AvgIpc) is 3.38. The minimum absolute atomic E-state index is 0.0359. The zero-order valence-corrected chi connectivity index (χ0v) is 21.4. The average molecular weight is 517 g/mol. The summed E-state index contributed by atoms with van der Waals surface area (Å²) in [5, 5.41) is 7.30. The number of para-hydroxylation sites is 3. The quantitative estimate of drug-likeness (QED) is 0.298. The van der Waals surface area contributed by atoms with Gasteiger partial charge in [-0.1, -0.05) is 66.7 Å². The molecule has 0 aromatic heterocycles. The van der Waals surface area contributed by atoms with E-state index in [0.717, 1.165) is 56.6 Å². The molecule has 4 aromatic rings. The van der Waals surface area contributed by atoms with Crippen LogP contribution in [0.25, 0.3) is 0 Å². The second-order valence-corrected chi connectivity index (χ2v) is 10.1. The minimum Gasteiger partial charge on any atom is -0.489 e. The van der Waals surface area contributed by atoms with E-state index in [-0.39, 0.29) is 24.5 Å². The van der Waals surface area contributed by atoms with E-state index in [4.69, 9.17) is 14.2 Å². The summed E-state index contributed by atoms with van der Waals surface area (Å²) in [6.45, 7) is 0.681. The first-order chi connectivity index (χ1) is 19.2. The number of ketones is 1. The second kappa shape index (κ2) is 9.87. The molecular formula is C33H28N2O4. The first-order valence-electron chi connectivity index (χ1n) is 13.3. The summed E-state index contributed by atoms with van der Waals surface area (Å²) in [7, 11) is 0. The van der Waals surface area contributed by atoms with Gasteiger partial charge in [-0.15, -0.1) is 0 Å². The summed E-state index contributed by atoms with van der Waals surface area (Å²) in [4.78, 5) is 14.0. The van der Waals surface area contributed by atoms with Crippen molar-refractivity contribution in [2.24, 2.45) is 0 Å². The van der Waals surface area contributed by atoms with Crippen LogP contribution in [0.5, 0.6) is 17.2 Å². The highest BCUT2D eigenvalue weighted by atomic mass is 16.7. The molecule has 39 heavy (non-hydrogen) atoms. The Labute approximate surface area is 227 Å². The molecule has 7 rings (SSSR count). The molecule has 2 heterocycles. The largest absolute Gasteiger partial charge is 0.489 e. The maximum atomic E-state index is 14.0. The predicted octanol–water partition coefficient (Wildman–Crippen LogP) is 6.97. The van der Waals surface area contributed by atoms with Crippen LogP contribution in [0, 0.1) is 0 Å². The van der Waals surface area contributed by atoms with E-state index in [1.165, 1.54) is 0 Å². The molecule has 0 amide bonds. The molecule has 6 nitrogen and oxygen atoms in total. The maximum Gasteiger partial charge on any atom is 0.231 e. The zero-order valence-electron chi connectivity index (χ0n) is 21.4. The van der Waals surface area contributed by atoms with Crippen molar-refractivity contribution < 1.29 is 19.0 Å². The number of rotatable bonds is 5. The van der Waals surface area contributed by atoms with Crippen molar-refractivity contribution in [2.75, 3.05) is 17.4 Å². The van der Waals surface area contributed by atoms with Gasteiger partial charge < -0.3 is 24.8 Å². The monoisotopic (exact) mass is 516 g/mol. The summed E-state index contributed by atoms with van der Waals surface area (Å²) in [5.41, 5.74) is 6.71. The van der Waals surface area contributed by atoms with Crippen LogP contribution in [0.1, 0.15) is 41.5 Å². The van der Waals surface area contributed by atoms with Crippen LogP contribution < -0.4 is 24.8 Å². The molecule has 0 saturated heterocycles. The molecule has 2 aliphatic heterocycles. The highest BCUT2D eigenvalue weighted by Gasteiger charge is 2.37. The molecule has 0 bridgehead atoms. The smallest absolute Gasteiger partial charge is 0.231 e. The van der Waals surface area contributed by atoms with E-state index in [1.807, 2.05) is 97.1 Å². The number of Topliss-reactive ketones (excluding diaryl/α,β-unsaturated/α-hetero) is 1. The summed E-state index contributed by atoms with van der Waals surface area (Å²) in [5.74, 6) is 2.40. The lowest BCUT2D eigenvalue weighted by molar-refractivity contribution is -0.116. The molecule has 6 heteroatoms. The van der Waals surface area contributed by atoms with Crippen LogP contribution in [0.2, 0.25) is 0 Å². The fraction of sp³-hybridized carbons (Fsp3) is 0.182. The molecule has 0 unspecified atom stereocenters. The third-order valence-corrected chi connectivity index (χ3v) is 7.64. The van der Waals surface area contributed by atoms with Gasteiger partial charge in [-0.05, 0) is 53.8 Å². The van der Waals surface area contributed by atoms with E-state index < -0.39 is 0 Å². The van der Waals surface area contributed by atoms with Crippen LogP contribution >= 0.6 is 0 Å². The van der Waals surface area contributed by atoms with Crippen molar-refractivity contribution in [3.8, 4) is 17.2 Å². The number of allylic oxidation sites excluding steroid dienone is 1. The van der Waals surface area contributed by atoms with Crippen LogP contribution in [-0.2, 0) is 11.4 Å². The normalized spacial score (nSPS) is 19.3. The molecule has 2 atom stereocenters. The van der Waals surface area contributed by atoms with Crippen molar-refractivity contribution in [1.29, 1.82) is 0 Å². The van der Waals surface area contributed by atoms with E-state index in [2.05, 4.69) is 10.6 Å². The number of fused-ring (bicyclic) bond motifs is 2. The maximum absolute atomic E-state index is 14.0. The summed E-state index contributed by atoms with van der Waals surface area (Å²) < 4.78 is 17.4. The summed E-state index contributed by atoms with van der Waals surface area (Å²) >= 11 is 0. The first kappa shape index (κ1) is 23.4. The lowest BCUT2D eigenvalue weighted by Crippen LogP contribution is -2.27. The van der Waals surface area contributed by atoms with Crippen LogP contribution in [0.4, 0.5) is 11.4 Å². The van der Waals surface area contributed by atoms with Gasteiger partial charge >= 0.3 is 0 Å². The fourth-order valence-corrected chi connectivity index (χ4v) is 5.71. The van der Waals surface area contributed by atoms with Gasteiger partial charge in [-0.25, -0.2) is 0 Å². The van der Waals surface area contributed by atoms with Gasteiger partial charge in [-0.3, -0.25) is 4.79 Å². The fourth-order valence-electron chi connectivity index (χ4n) is 5.71. The SMILES string of the molecule is O=C1C[C@@H](c2ccc3c(c2)OCO3)CC2=C1[C@@H](c1ccccc1OCc1ccccc1)Nc1ccccc1N2. The van der Waals surface area contributed by atoms with Crippen LogP contribution in [-0.4, -0.2) is 12.6 Å². The van der Waals surface area contributed by atoms with Crippen molar-refractivity contribution in [3.05, 3.63) is 125 Å². The Morgan fingerprint density at radius 3 is 2.46 bits per heavy atom. The number of nitrogens with one attached hydrogen (secondary N) is 2. The van der Waals surface area contributed by atoms with Crippen molar-refractivity contribution in [2.45, 2.75) is 31.4 Å². The lowest BCUT2D eigenvalue weighted by atomic mass is 9.78. The lowest BCUT2D eigenvalue weighted by Gasteiger charge is -2.30. The Balaban J connectivity index is 1.27. The number of benzene rings is 4. The van der Waals surface area contributed by atoms with Gasteiger partial charge in [0.1, 0.15) is 12.4 Å². The van der Waals surface area contributed by atoms with Gasteiger partial charge in [0, 0.05) is 23.3 Å². The molecule has 0 saturated carbocycles. The molecule has 0 radical (unpaired) electrons. The van der Waals surface area contributed by atoms with Crippen molar-refractivity contribution in [1.82, 2.24) is 0 Å². The van der Waals surface area contributed by atoms with Crippen molar-refractivity contribution >= 4 is 17.2 Å². The molecule has 2 N–H and O–H groups in total. The molecule has 4 aromatic carbocycles. The second-order valence-electron chi connectivity index (χ2n) is 10.1. The number of carbonyl (C=O) groups is 1. The molecule has 194 valence electrons. The Bertz CT molecular complexity index is 1580.